The highest BCUT2D eigenvalue weighted by Crippen LogP contribution is 2.25. The van der Waals surface area contributed by atoms with Gasteiger partial charge in [0.1, 0.15) is 17.5 Å². The largest absolute Gasteiger partial charge is 0.508 e. The van der Waals surface area contributed by atoms with Gasteiger partial charge in [0.05, 0.1) is 18.8 Å². The van der Waals surface area contributed by atoms with Crippen LogP contribution in [0.15, 0.2) is 18.2 Å². The number of carbonyl (C=O) groups is 2. The van der Waals surface area contributed by atoms with Crippen LogP contribution in [0.1, 0.15) is 10.4 Å². The molecular formula is C13H16N2O5. The van der Waals surface area contributed by atoms with Crippen LogP contribution in [0.2, 0.25) is 0 Å². The van der Waals surface area contributed by atoms with Crippen LogP contribution in [-0.4, -0.2) is 59.8 Å². The van der Waals surface area contributed by atoms with Gasteiger partial charge >= 0.3 is 0 Å². The number of benzene rings is 1. The summed E-state index contributed by atoms with van der Waals surface area (Å²) in [5.41, 5.74) is -0.0409. The Kier molecular flexibility index (Phi) is 4.09. The molecule has 1 aromatic rings. The molecule has 1 fully saturated rings. The average molecular weight is 280 g/mol. The molecule has 7 nitrogen and oxygen atoms in total. The molecule has 2 amide bonds. The minimum absolute atomic E-state index is 0.0409. The summed E-state index contributed by atoms with van der Waals surface area (Å²) in [5.74, 6) is -1.22. The second-order valence-corrected chi connectivity index (χ2v) is 4.40. The van der Waals surface area contributed by atoms with Gasteiger partial charge in [-0.2, -0.15) is 0 Å². The maximum atomic E-state index is 12.4. The number of carbonyl (C=O) groups excluding carboxylic acids is 2. The van der Waals surface area contributed by atoms with Crippen LogP contribution in [0.3, 0.4) is 0 Å². The zero-order chi connectivity index (χ0) is 14.7. The molecule has 1 heterocycles. The fourth-order valence-electron chi connectivity index (χ4n) is 2.08. The van der Waals surface area contributed by atoms with E-state index < -0.39 is 11.9 Å². The molecular weight excluding hydrogens is 264 g/mol. The molecule has 1 atom stereocenters. The number of amides is 2. The molecule has 20 heavy (non-hydrogen) atoms. The molecule has 0 aromatic heterocycles. The van der Waals surface area contributed by atoms with Crippen LogP contribution in [0.5, 0.6) is 11.5 Å². The van der Waals surface area contributed by atoms with Crippen LogP contribution in [0.25, 0.3) is 0 Å². The molecule has 0 aliphatic carbocycles. The van der Waals surface area contributed by atoms with Gasteiger partial charge in [-0.25, -0.2) is 0 Å². The molecule has 1 aromatic carbocycles. The molecule has 1 aliphatic rings. The van der Waals surface area contributed by atoms with Crippen LogP contribution in [-0.2, 0) is 9.53 Å². The molecule has 3 N–H and O–H groups in total. The summed E-state index contributed by atoms with van der Waals surface area (Å²) in [6.07, 6.45) is 0. The van der Waals surface area contributed by atoms with Crippen molar-refractivity contribution in [1.82, 2.24) is 10.2 Å². The summed E-state index contributed by atoms with van der Waals surface area (Å²) in [4.78, 5) is 25.5. The number of aromatic hydroxyl groups is 2. The summed E-state index contributed by atoms with van der Waals surface area (Å²) < 4.78 is 5.21. The van der Waals surface area contributed by atoms with Crippen molar-refractivity contribution in [1.29, 1.82) is 0 Å². The minimum atomic E-state index is -0.747. The van der Waals surface area contributed by atoms with Gasteiger partial charge in [-0.15, -0.1) is 0 Å². The van der Waals surface area contributed by atoms with Gasteiger partial charge in [0.25, 0.3) is 5.91 Å². The van der Waals surface area contributed by atoms with E-state index in [0.29, 0.717) is 6.61 Å². The molecule has 1 unspecified atom stereocenters. The predicted molar refractivity (Wildman–Crippen MR) is 69.5 cm³/mol. The van der Waals surface area contributed by atoms with E-state index in [4.69, 9.17) is 4.74 Å². The first kappa shape index (κ1) is 14.1. The molecule has 0 saturated carbocycles. The molecule has 2 rings (SSSR count). The number of phenols is 2. The number of ether oxygens (including phenoxy) is 1. The molecule has 0 bridgehead atoms. The quantitative estimate of drug-likeness (QED) is 0.645. The Balaban J connectivity index is 2.30. The van der Waals surface area contributed by atoms with E-state index >= 15 is 0 Å². The normalized spacial score (nSPS) is 18.6. The maximum absolute atomic E-state index is 12.4. The average Bonchev–Trinajstić information content (AvgIpc) is 2.48. The number of rotatable bonds is 2. The SMILES string of the molecule is CNC(=O)C1COCCN1C(=O)c1cc(O)ccc1O. The van der Waals surface area contributed by atoms with Gasteiger partial charge in [-0.1, -0.05) is 0 Å². The van der Waals surface area contributed by atoms with E-state index in [9.17, 15) is 19.8 Å². The Bertz CT molecular complexity index is 531. The highest BCUT2D eigenvalue weighted by molar-refractivity contribution is 6.00. The smallest absolute Gasteiger partial charge is 0.258 e. The van der Waals surface area contributed by atoms with E-state index in [1.54, 1.807) is 0 Å². The van der Waals surface area contributed by atoms with E-state index in [1.165, 1.54) is 30.1 Å². The fourth-order valence-corrected chi connectivity index (χ4v) is 2.08. The Morgan fingerprint density at radius 1 is 1.40 bits per heavy atom. The topological polar surface area (TPSA) is 99.1 Å². The van der Waals surface area contributed by atoms with Crippen molar-refractivity contribution >= 4 is 11.8 Å². The summed E-state index contributed by atoms with van der Waals surface area (Å²) in [7, 11) is 1.48. The van der Waals surface area contributed by atoms with Crippen LogP contribution in [0, 0.1) is 0 Å². The minimum Gasteiger partial charge on any atom is -0.508 e. The van der Waals surface area contributed by atoms with Gasteiger partial charge in [-0.3, -0.25) is 9.59 Å². The van der Waals surface area contributed by atoms with E-state index in [0.717, 1.165) is 0 Å². The summed E-state index contributed by atoms with van der Waals surface area (Å²) in [6.45, 7) is 0.663. The molecule has 1 aliphatic heterocycles. The lowest BCUT2D eigenvalue weighted by atomic mass is 10.1. The number of morpholine rings is 1. The third-order valence-electron chi connectivity index (χ3n) is 3.15. The fraction of sp³-hybridized carbons (Fsp3) is 0.385. The first-order chi connectivity index (χ1) is 9.54. The zero-order valence-corrected chi connectivity index (χ0v) is 11.0. The van der Waals surface area contributed by atoms with Gasteiger partial charge < -0.3 is 25.2 Å². The van der Waals surface area contributed by atoms with Crippen molar-refractivity contribution in [2.75, 3.05) is 26.8 Å². The highest BCUT2D eigenvalue weighted by atomic mass is 16.5. The van der Waals surface area contributed by atoms with E-state index in [1.807, 2.05) is 0 Å². The van der Waals surface area contributed by atoms with Crippen molar-refractivity contribution in [2.24, 2.45) is 0 Å². The Hall–Kier alpha value is -2.28. The van der Waals surface area contributed by atoms with Crippen LogP contribution < -0.4 is 5.32 Å². The molecule has 1 saturated heterocycles. The number of hydrogen-bond acceptors (Lipinski definition) is 5. The standard InChI is InChI=1S/C13H16N2O5/c1-14-12(18)10-7-20-5-4-15(10)13(19)9-6-8(16)2-3-11(9)17/h2-3,6,10,16-17H,4-5,7H2,1H3,(H,14,18). The lowest BCUT2D eigenvalue weighted by Crippen LogP contribution is -2.55. The van der Waals surface area contributed by atoms with Crippen molar-refractivity contribution in [2.45, 2.75) is 6.04 Å². The van der Waals surface area contributed by atoms with Gasteiger partial charge in [0.15, 0.2) is 0 Å². The first-order valence-corrected chi connectivity index (χ1v) is 6.17. The Morgan fingerprint density at radius 2 is 2.15 bits per heavy atom. The molecule has 7 heteroatoms. The van der Waals surface area contributed by atoms with Crippen molar-refractivity contribution in [3.63, 3.8) is 0 Å². The first-order valence-electron chi connectivity index (χ1n) is 6.17. The second-order valence-electron chi connectivity index (χ2n) is 4.40. The van der Waals surface area contributed by atoms with Crippen LogP contribution in [0.4, 0.5) is 0 Å². The summed E-state index contributed by atoms with van der Waals surface area (Å²) in [6, 6.07) is 2.94. The van der Waals surface area contributed by atoms with Crippen molar-refractivity contribution in [3.8, 4) is 11.5 Å². The van der Waals surface area contributed by atoms with E-state index in [2.05, 4.69) is 5.32 Å². The third-order valence-corrected chi connectivity index (χ3v) is 3.15. The number of hydrogen-bond donors (Lipinski definition) is 3. The number of likely N-dealkylation sites (N-methyl/N-ethyl adjacent to an activating group) is 1. The van der Waals surface area contributed by atoms with Crippen LogP contribution >= 0.6 is 0 Å². The second kappa shape index (κ2) is 5.79. The maximum Gasteiger partial charge on any atom is 0.258 e. The Labute approximate surface area is 115 Å². The summed E-state index contributed by atoms with van der Waals surface area (Å²) >= 11 is 0. The number of phenolic OH excluding ortho intramolecular Hbond substituents is 2. The molecule has 0 spiro atoms. The molecule has 0 radical (unpaired) electrons. The lowest BCUT2D eigenvalue weighted by molar-refractivity contribution is -0.130. The summed E-state index contributed by atoms with van der Waals surface area (Å²) in [5, 5.41) is 21.6. The third kappa shape index (κ3) is 2.67. The van der Waals surface area contributed by atoms with E-state index in [-0.39, 0.29) is 36.1 Å². The predicted octanol–water partition coefficient (Wildman–Crippen LogP) is -0.315. The number of nitrogens with one attached hydrogen (secondary N) is 1. The lowest BCUT2D eigenvalue weighted by Gasteiger charge is -2.34. The molecule has 108 valence electrons. The van der Waals surface area contributed by atoms with Gasteiger partial charge in [0.2, 0.25) is 5.91 Å². The van der Waals surface area contributed by atoms with Gasteiger partial charge in [-0.05, 0) is 18.2 Å². The van der Waals surface area contributed by atoms with Crippen molar-refractivity contribution < 1.29 is 24.5 Å². The Morgan fingerprint density at radius 3 is 2.85 bits per heavy atom. The zero-order valence-electron chi connectivity index (χ0n) is 11.0. The highest BCUT2D eigenvalue weighted by Gasteiger charge is 2.33. The van der Waals surface area contributed by atoms with Gasteiger partial charge in [0, 0.05) is 13.6 Å². The monoisotopic (exact) mass is 280 g/mol. The number of nitrogens with zero attached hydrogens (tertiary/aromatic N) is 1. The van der Waals surface area contributed by atoms with Crippen molar-refractivity contribution in [3.05, 3.63) is 23.8 Å².